The summed E-state index contributed by atoms with van der Waals surface area (Å²) in [6, 6.07) is 0.115. The van der Waals surface area contributed by atoms with Gasteiger partial charge in [0.2, 0.25) is 5.91 Å². The Balaban J connectivity index is 1.93. The van der Waals surface area contributed by atoms with E-state index in [0.29, 0.717) is 5.92 Å². The van der Waals surface area contributed by atoms with Crippen molar-refractivity contribution in [2.45, 2.75) is 31.7 Å². The van der Waals surface area contributed by atoms with Gasteiger partial charge in [0.15, 0.2) is 0 Å². The van der Waals surface area contributed by atoms with E-state index in [1.54, 1.807) is 0 Å². The topological polar surface area (TPSA) is 58.4 Å². The third-order valence-corrected chi connectivity index (χ3v) is 3.60. The Labute approximate surface area is 91.2 Å². The summed E-state index contributed by atoms with van der Waals surface area (Å²) in [5, 5.41) is 2.99. The molecule has 3 N–H and O–H groups in total. The number of rotatable bonds is 2. The fourth-order valence-electron chi connectivity index (χ4n) is 2.61. The molecule has 2 saturated heterocycles. The van der Waals surface area contributed by atoms with Crippen LogP contribution in [0.2, 0.25) is 0 Å². The summed E-state index contributed by atoms with van der Waals surface area (Å²) in [5.41, 5.74) is 5.66. The summed E-state index contributed by atoms with van der Waals surface area (Å²) in [4.78, 5) is 14.1. The molecule has 2 rings (SSSR count). The number of hydrogen-bond acceptors (Lipinski definition) is 3. The molecule has 86 valence electrons. The van der Waals surface area contributed by atoms with E-state index in [1.165, 1.54) is 0 Å². The molecule has 2 aliphatic heterocycles. The van der Waals surface area contributed by atoms with Gasteiger partial charge >= 0.3 is 0 Å². The van der Waals surface area contributed by atoms with Crippen molar-refractivity contribution < 1.29 is 4.79 Å². The fraction of sp³-hybridized carbons (Fsp3) is 0.909. The Kier molecular flexibility index (Phi) is 3.59. The Morgan fingerprint density at radius 1 is 1.40 bits per heavy atom. The van der Waals surface area contributed by atoms with Crippen LogP contribution in [0.25, 0.3) is 0 Å². The van der Waals surface area contributed by atoms with Crippen molar-refractivity contribution in [2.24, 2.45) is 11.7 Å². The first-order valence-electron chi connectivity index (χ1n) is 6.03. The van der Waals surface area contributed by atoms with Gasteiger partial charge in [0.1, 0.15) is 0 Å². The fourth-order valence-corrected chi connectivity index (χ4v) is 2.61. The van der Waals surface area contributed by atoms with Crippen LogP contribution in [0.5, 0.6) is 0 Å². The Morgan fingerprint density at radius 2 is 2.27 bits per heavy atom. The van der Waals surface area contributed by atoms with E-state index in [1.807, 2.05) is 0 Å². The summed E-state index contributed by atoms with van der Waals surface area (Å²) in [6.07, 6.45) is 4.45. The monoisotopic (exact) mass is 211 g/mol. The first-order chi connectivity index (χ1) is 7.31. The molecular formula is C11H21N3O. The number of hydrogen-bond donors (Lipinski definition) is 2. The SMILES string of the molecule is NCC1CCN(C2CCCCNC2=O)C1. The highest BCUT2D eigenvalue weighted by atomic mass is 16.2. The summed E-state index contributed by atoms with van der Waals surface area (Å²) < 4.78 is 0. The maximum absolute atomic E-state index is 11.8. The molecular weight excluding hydrogens is 190 g/mol. The highest BCUT2D eigenvalue weighted by Crippen LogP contribution is 2.21. The van der Waals surface area contributed by atoms with Crippen molar-refractivity contribution in [1.29, 1.82) is 0 Å². The highest BCUT2D eigenvalue weighted by Gasteiger charge is 2.32. The third-order valence-electron chi connectivity index (χ3n) is 3.60. The second-order valence-corrected chi connectivity index (χ2v) is 4.69. The zero-order valence-corrected chi connectivity index (χ0v) is 9.24. The lowest BCUT2D eigenvalue weighted by Crippen LogP contribution is -2.45. The first kappa shape index (κ1) is 10.9. The second kappa shape index (κ2) is 4.94. The van der Waals surface area contributed by atoms with Gasteiger partial charge in [0.05, 0.1) is 6.04 Å². The minimum Gasteiger partial charge on any atom is -0.355 e. The minimum atomic E-state index is 0.115. The molecule has 2 aliphatic rings. The van der Waals surface area contributed by atoms with E-state index in [4.69, 9.17) is 5.73 Å². The predicted octanol–water partition coefficient (Wildman–Crippen LogP) is -0.0643. The van der Waals surface area contributed by atoms with Crippen molar-refractivity contribution in [2.75, 3.05) is 26.2 Å². The smallest absolute Gasteiger partial charge is 0.237 e. The lowest BCUT2D eigenvalue weighted by molar-refractivity contribution is -0.125. The van der Waals surface area contributed by atoms with E-state index < -0.39 is 0 Å². The predicted molar refractivity (Wildman–Crippen MR) is 59.4 cm³/mol. The van der Waals surface area contributed by atoms with Crippen molar-refractivity contribution in [3.8, 4) is 0 Å². The molecule has 0 aromatic heterocycles. The largest absolute Gasteiger partial charge is 0.355 e. The molecule has 0 spiro atoms. The molecule has 0 aromatic rings. The Morgan fingerprint density at radius 3 is 3.00 bits per heavy atom. The molecule has 1 amide bonds. The van der Waals surface area contributed by atoms with Crippen LogP contribution in [0.3, 0.4) is 0 Å². The lowest BCUT2D eigenvalue weighted by atomic mass is 10.1. The van der Waals surface area contributed by atoms with Gasteiger partial charge in [-0.1, -0.05) is 0 Å². The number of nitrogens with zero attached hydrogens (tertiary/aromatic N) is 1. The van der Waals surface area contributed by atoms with Crippen molar-refractivity contribution in [3.05, 3.63) is 0 Å². The number of carbonyl (C=O) groups excluding carboxylic acids is 1. The van der Waals surface area contributed by atoms with Gasteiger partial charge in [-0.15, -0.1) is 0 Å². The van der Waals surface area contributed by atoms with Gasteiger partial charge in [-0.3, -0.25) is 9.69 Å². The maximum atomic E-state index is 11.8. The molecule has 4 heteroatoms. The van der Waals surface area contributed by atoms with E-state index in [2.05, 4.69) is 10.2 Å². The average molecular weight is 211 g/mol. The van der Waals surface area contributed by atoms with Crippen LogP contribution in [0.4, 0.5) is 0 Å². The molecule has 2 atom stereocenters. The van der Waals surface area contributed by atoms with Crippen LogP contribution in [0.15, 0.2) is 0 Å². The third kappa shape index (κ3) is 2.49. The Bertz CT molecular complexity index is 232. The number of carbonyl (C=O) groups is 1. The molecule has 0 saturated carbocycles. The summed E-state index contributed by atoms with van der Waals surface area (Å²) in [5.74, 6) is 0.825. The van der Waals surface area contributed by atoms with Crippen molar-refractivity contribution in [1.82, 2.24) is 10.2 Å². The zero-order chi connectivity index (χ0) is 10.7. The van der Waals surface area contributed by atoms with Crippen LogP contribution in [-0.4, -0.2) is 43.0 Å². The molecule has 0 bridgehead atoms. The molecule has 2 fully saturated rings. The van der Waals surface area contributed by atoms with Crippen LogP contribution in [-0.2, 0) is 4.79 Å². The minimum absolute atomic E-state index is 0.115. The second-order valence-electron chi connectivity index (χ2n) is 4.69. The van der Waals surface area contributed by atoms with Gasteiger partial charge in [-0.25, -0.2) is 0 Å². The zero-order valence-electron chi connectivity index (χ0n) is 9.24. The number of nitrogens with one attached hydrogen (secondary N) is 1. The lowest BCUT2D eigenvalue weighted by Gasteiger charge is -2.25. The maximum Gasteiger partial charge on any atom is 0.237 e. The Hall–Kier alpha value is -0.610. The average Bonchev–Trinajstić information content (AvgIpc) is 2.62. The highest BCUT2D eigenvalue weighted by molar-refractivity contribution is 5.81. The van der Waals surface area contributed by atoms with Crippen molar-refractivity contribution >= 4 is 5.91 Å². The van der Waals surface area contributed by atoms with Crippen LogP contribution in [0.1, 0.15) is 25.7 Å². The normalized spacial score (nSPS) is 33.8. The van der Waals surface area contributed by atoms with E-state index in [-0.39, 0.29) is 11.9 Å². The van der Waals surface area contributed by atoms with Gasteiger partial charge in [0.25, 0.3) is 0 Å². The first-order valence-corrected chi connectivity index (χ1v) is 6.03. The number of amides is 1. The van der Waals surface area contributed by atoms with Gasteiger partial charge in [-0.05, 0) is 44.7 Å². The van der Waals surface area contributed by atoms with Gasteiger partial charge in [-0.2, -0.15) is 0 Å². The van der Waals surface area contributed by atoms with Crippen molar-refractivity contribution in [3.63, 3.8) is 0 Å². The van der Waals surface area contributed by atoms with E-state index >= 15 is 0 Å². The van der Waals surface area contributed by atoms with Crippen LogP contribution < -0.4 is 11.1 Å². The van der Waals surface area contributed by atoms with E-state index in [0.717, 1.165) is 51.9 Å². The van der Waals surface area contributed by atoms with Gasteiger partial charge in [0, 0.05) is 13.1 Å². The summed E-state index contributed by atoms with van der Waals surface area (Å²) in [6.45, 7) is 3.66. The molecule has 2 heterocycles. The molecule has 0 radical (unpaired) electrons. The summed E-state index contributed by atoms with van der Waals surface area (Å²) >= 11 is 0. The van der Waals surface area contributed by atoms with Crippen LogP contribution >= 0.6 is 0 Å². The molecule has 0 aliphatic carbocycles. The molecule has 15 heavy (non-hydrogen) atoms. The van der Waals surface area contributed by atoms with Crippen LogP contribution in [0, 0.1) is 5.92 Å². The molecule has 0 aromatic carbocycles. The quantitative estimate of drug-likeness (QED) is 0.672. The standard InChI is InChI=1S/C11H21N3O/c12-7-9-4-6-14(8-9)10-3-1-2-5-13-11(10)15/h9-10H,1-8,12H2,(H,13,15). The number of likely N-dealkylation sites (tertiary alicyclic amines) is 1. The number of nitrogens with two attached hydrogens (primary N) is 1. The molecule has 2 unspecified atom stereocenters. The molecule has 4 nitrogen and oxygen atoms in total. The van der Waals surface area contributed by atoms with E-state index in [9.17, 15) is 4.79 Å². The van der Waals surface area contributed by atoms with Gasteiger partial charge < -0.3 is 11.1 Å². The summed E-state index contributed by atoms with van der Waals surface area (Å²) in [7, 11) is 0.